The number of nitrogens with zero attached hydrogens (tertiary/aromatic N) is 2. The van der Waals surface area contributed by atoms with Gasteiger partial charge in [0.2, 0.25) is 5.91 Å². The van der Waals surface area contributed by atoms with Crippen molar-refractivity contribution in [1.82, 2.24) is 9.80 Å². The molecule has 1 aliphatic heterocycles. The van der Waals surface area contributed by atoms with E-state index in [1.165, 1.54) is 12.1 Å². The Kier molecular flexibility index (Phi) is 4.71. The van der Waals surface area contributed by atoms with E-state index < -0.39 is 36.1 Å². The van der Waals surface area contributed by atoms with Gasteiger partial charge in [0, 0.05) is 10.9 Å². The molecule has 0 bridgehead atoms. The summed E-state index contributed by atoms with van der Waals surface area (Å²) in [7, 11) is 0. The molecule has 1 heterocycles. The van der Waals surface area contributed by atoms with Crippen molar-refractivity contribution >= 4 is 41.2 Å². The summed E-state index contributed by atoms with van der Waals surface area (Å²) in [4.78, 5) is 49.5. The van der Waals surface area contributed by atoms with E-state index in [0.717, 1.165) is 4.90 Å². The summed E-state index contributed by atoms with van der Waals surface area (Å²) in [6.45, 7) is -0.652. The number of thioether (sulfide) groups is 1. The van der Waals surface area contributed by atoms with Crippen LogP contribution in [-0.4, -0.2) is 51.9 Å². The van der Waals surface area contributed by atoms with Gasteiger partial charge in [0.15, 0.2) is 0 Å². The highest BCUT2D eigenvalue weighted by molar-refractivity contribution is 7.99. The zero-order valence-corrected chi connectivity index (χ0v) is 13.6. The van der Waals surface area contributed by atoms with E-state index in [1.807, 2.05) is 0 Å². The Morgan fingerprint density at radius 3 is 2.52 bits per heavy atom. The second-order valence-electron chi connectivity index (χ2n) is 5.50. The van der Waals surface area contributed by atoms with Crippen molar-refractivity contribution in [3.63, 3.8) is 0 Å². The van der Waals surface area contributed by atoms with Crippen LogP contribution in [0.15, 0.2) is 29.2 Å². The summed E-state index contributed by atoms with van der Waals surface area (Å²) < 4.78 is 25.1. The van der Waals surface area contributed by atoms with Gasteiger partial charge < -0.3 is 5.32 Å². The number of hydrogen-bond acceptors (Lipinski definition) is 5. The number of para-hydroxylation sites is 1. The maximum absolute atomic E-state index is 12.5. The molecule has 1 saturated heterocycles. The molecule has 3 rings (SSSR count). The van der Waals surface area contributed by atoms with E-state index in [9.17, 15) is 28.0 Å². The van der Waals surface area contributed by atoms with Crippen LogP contribution in [-0.2, 0) is 14.4 Å². The molecule has 0 radical (unpaired) electrons. The lowest BCUT2D eigenvalue weighted by atomic mass is 10.3. The maximum atomic E-state index is 12.5. The molecular weight excluding hydrogens is 356 g/mol. The molecule has 1 aromatic rings. The predicted octanol–water partition coefficient (Wildman–Crippen LogP) is 1.89. The molecule has 1 aliphatic carbocycles. The molecule has 7 nitrogen and oxygen atoms in total. The van der Waals surface area contributed by atoms with Crippen LogP contribution in [0.4, 0.5) is 19.3 Å². The Morgan fingerprint density at radius 2 is 1.88 bits per heavy atom. The van der Waals surface area contributed by atoms with Crippen molar-refractivity contribution in [2.45, 2.75) is 29.5 Å². The van der Waals surface area contributed by atoms with E-state index in [0.29, 0.717) is 17.7 Å². The molecule has 1 N–H and O–H groups in total. The summed E-state index contributed by atoms with van der Waals surface area (Å²) in [5, 5.41) is 2.39. The van der Waals surface area contributed by atoms with Crippen molar-refractivity contribution < 1.29 is 28.0 Å². The Morgan fingerprint density at radius 1 is 1.20 bits per heavy atom. The zero-order chi connectivity index (χ0) is 18.1. The van der Waals surface area contributed by atoms with Crippen molar-refractivity contribution in [3.8, 4) is 0 Å². The van der Waals surface area contributed by atoms with Crippen LogP contribution >= 0.6 is 11.8 Å². The van der Waals surface area contributed by atoms with Crippen LogP contribution in [0.2, 0.25) is 0 Å². The number of urea groups is 1. The smallest absolute Gasteiger partial charge is 0.324 e. The molecule has 1 saturated carbocycles. The van der Waals surface area contributed by atoms with Gasteiger partial charge in [0.05, 0.1) is 5.69 Å². The monoisotopic (exact) mass is 369 g/mol. The quantitative estimate of drug-likeness (QED) is 0.470. The number of amides is 5. The number of halogens is 2. The van der Waals surface area contributed by atoms with Crippen LogP contribution in [0.25, 0.3) is 0 Å². The third-order valence-electron chi connectivity index (χ3n) is 3.67. The summed E-state index contributed by atoms with van der Waals surface area (Å²) in [6.07, 6.45) is 1.28. The predicted molar refractivity (Wildman–Crippen MR) is 83.9 cm³/mol. The number of imide groups is 2. The van der Waals surface area contributed by atoms with Gasteiger partial charge in [0.25, 0.3) is 5.76 Å². The number of benzene rings is 1. The first-order chi connectivity index (χ1) is 11.9. The molecule has 2 aliphatic rings. The standard InChI is InChI=1S/C15H13F2N3O4S/c16-14(17)25-10-4-2-1-3-9(10)18-11(21)7-19-12(22)13(23)20(15(19)24)8-5-6-8/h1-4,8,14H,5-7H2,(H,18,21). The number of alkyl halides is 2. The Bertz CT molecular complexity index is 754. The van der Waals surface area contributed by atoms with Gasteiger partial charge in [-0.2, -0.15) is 8.78 Å². The lowest BCUT2D eigenvalue weighted by Crippen LogP contribution is -2.39. The minimum atomic E-state index is -2.66. The molecule has 10 heteroatoms. The van der Waals surface area contributed by atoms with Crippen LogP contribution in [0.1, 0.15) is 12.8 Å². The minimum Gasteiger partial charge on any atom is -0.324 e. The molecular formula is C15H13F2N3O4S. The van der Waals surface area contributed by atoms with Crippen molar-refractivity contribution in [3.05, 3.63) is 24.3 Å². The highest BCUT2D eigenvalue weighted by atomic mass is 32.2. The number of rotatable bonds is 6. The Balaban J connectivity index is 1.68. The maximum Gasteiger partial charge on any atom is 0.334 e. The first-order valence-electron chi connectivity index (χ1n) is 7.41. The van der Waals surface area contributed by atoms with Gasteiger partial charge in [-0.3, -0.25) is 19.3 Å². The topological polar surface area (TPSA) is 86.8 Å². The SMILES string of the molecule is O=C(CN1C(=O)C(=O)N(C2CC2)C1=O)Nc1ccccc1SC(F)F. The number of carbonyl (C=O) groups is 4. The molecule has 132 valence electrons. The average Bonchev–Trinajstić information content (AvgIpc) is 3.35. The number of nitrogens with one attached hydrogen (secondary N) is 1. The van der Waals surface area contributed by atoms with E-state index >= 15 is 0 Å². The lowest BCUT2D eigenvalue weighted by molar-refractivity contribution is -0.143. The average molecular weight is 369 g/mol. The van der Waals surface area contributed by atoms with Crippen LogP contribution in [0.5, 0.6) is 0 Å². The third-order valence-corrected chi connectivity index (χ3v) is 4.46. The van der Waals surface area contributed by atoms with Crippen LogP contribution in [0.3, 0.4) is 0 Å². The van der Waals surface area contributed by atoms with E-state index in [4.69, 9.17) is 0 Å². The van der Waals surface area contributed by atoms with Crippen molar-refractivity contribution in [2.24, 2.45) is 0 Å². The second-order valence-corrected chi connectivity index (χ2v) is 6.53. The van der Waals surface area contributed by atoms with Gasteiger partial charge in [-0.05, 0) is 25.0 Å². The van der Waals surface area contributed by atoms with Crippen LogP contribution < -0.4 is 5.32 Å². The first-order valence-corrected chi connectivity index (χ1v) is 8.29. The molecule has 25 heavy (non-hydrogen) atoms. The van der Waals surface area contributed by atoms with E-state index in [-0.39, 0.29) is 28.4 Å². The summed E-state index contributed by atoms with van der Waals surface area (Å²) in [5.41, 5.74) is 0.141. The van der Waals surface area contributed by atoms with Gasteiger partial charge in [0.1, 0.15) is 6.54 Å². The minimum absolute atomic E-state index is 0.141. The van der Waals surface area contributed by atoms with Crippen molar-refractivity contribution in [1.29, 1.82) is 0 Å². The van der Waals surface area contributed by atoms with Gasteiger partial charge in [-0.15, -0.1) is 0 Å². The van der Waals surface area contributed by atoms with Crippen molar-refractivity contribution in [2.75, 3.05) is 11.9 Å². The van der Waals surface area contributed by atoms with E-state index in [1.54, 1.807) is 12.1 Å². The van der Waals surface area contributed by atoms with Crippen LogP contribution in [0, 0.1) is 0 Å². The van der Waals surface area contributed by atoms with Gasteiger partial charge in [-0.25, -0.2) is 9.69 Å². The molecule has 0 unspecified atom stereocenters. The molecule has 0 atom stereocenters. The second kappa shape index (κ2) is 6.79. The largest absolute Gasteiger partial charge is 0.334 e. The number of carbonyl (C=O) groups excluding carboxylic acids is 4. The zero-order valence-electron chi connectivity index (χ0n) is 12.8. The lowest BCUT2D eigenvalue weighted by Gasteiger charge is -2.15. The molecule has 0 spiro atoms. The fraction of sp³-hybridized carbons (Fsp3) is 0.333. The Hall–Kier alpha value is -2.49. The number of anilines is 1. The molecule has 1 aromatic carbocycles. The van der Waals surface area contributed by atoms with Gasteiger partial charge >= 0.3 is 17.8 Å². The fourth-order valence-electron chi connectivity index (χ4n) is 2.42. The molecule has 5 amide bonds. The first kappa shape index (κ1) is 17.3. The van der Waals surface area contributed by atoms with E-state index in [2.05, 4.69) is 5.32 Å². The third kappa shape index (κ3) is 3.63. The summed E-state index contributed by atoms with van der Waals surface area (Å²) in [5.74, 6) is -5.41. The highest BCUT2D eigenvalue weighted by Crippen LogP contribution is 2.32. The van der Waals surface area contributed by atoms with Gasteiger partial charge in [-0.1, -0.05) is 23.9 Å². The highest BCUT2D eigenvalue weighted by Gasteiger charge is 2.51. The fourth-order valence-corrected chi connectivity index (χ4v) is 3.01. The normalized spacial score (nSPS) is 17.6. The molecule has 2 fully saturated rings. The Labute approximate surface area is 145 Å². The summed E-state index contributed by atoms with van der Waals surface area (Å²) >= 11 is 0.266. The number of hydrogen-bond donors (Lipinski definition) is 1. The summed E-state index contributed by atoms with van der Waals surface area (Å²) in [6, 6.07) is 4.84. The molecule has 0 aromatic heterocycles.